The zero-order chi connectivity index (χ0) is 13.7. The zero-order valence-electron chi connectivity index (χ0n) is 10.7. The van der Waals surface area contributed by atoms with E-state index in [-0.39, 0.29) is 6.04 Å². The van der Waals surface area contributed by atoms with Crippen molar-refractivity contribution in [3.8, 4) is 0 Å². The lowest BCUT2D eigenvalue weighted by Gasteiger charge is -2.13. The molecule has 1 nitrogen and oxygen atoms in total. The molecule has 0 bridgehead atoms. The smallest absolute Gasteiger partial charge is 0.0453 e. The highest BCUT2D eigenvalue weighted by atomic mass is 35.5. The third-order valence-corrected chi connectivity index (χ3v) is 3.73. The van der Waals surface area contributed by atoms with Crippen molar-refractivity contribution in [2.45, 2.75) is 25.3 Å². The third kappa shape index (κ3) is 4.54. The summed E-state index contributed by atoms with van der Waals surface area (Å²) in [6, 6.07) is 16.1. The largest absolute Gasteiger partial charge is 0.327 e. The van der Waals surface area contributed by atoms with Crippen LogP contribution in [-0.4, -0.2) is 6.04 Å². The van der Waals surface area contributed by atoms with E-state index in [0.29, 0.717) is 10.0 Å². The summed E-state index contributed by atoms with van der Waals surface area (Å²) in [5, 5.41) is 1.36. The monoisotopic (exact) mass is 293 g/mol. The van der Waals surface area contributed by atoms with Gasteiger partial charge in [0.25, 0.3) is 0 Å². The molecule has 100 valence electrons. The van der Waals surface area contributed by atoms with E-state index in [2.05, 4.69) is 24.3 Å². The molecule has 0 amide bonds. The summed E-state index contributed by atoms with van der Waals surface area (Å²) < 4.78 is 0. The van der Waals surface area contributed by atoms with Crippen molar-refractivity contribution in [1.82, 2.24) is 0 Å². The Balaban J connectivity index is 1.89. The first-order chi connectivity index (χ1) is 9.15. The van der Waals surface area contributed by atoms with E-state index in [1.54, 1.807) is 6.07 Å². The van der Waals surface area contributed by atoms with Crippen molar-refractivity contribution in [1.29, 1.82) is 0 Å². The molecule has 0 spiro atoms. The van der Waals surface area contributed by atoms with Crippen molar-refractivity contribution in [3.63, 3.8) is 0 Å². The maximum atomic E-state index is 6.17. The molecule has 2 N–H and O–H groups in total. The molecule has 0 heterocycles. The quantitative estimate of drug-likeness (QED) is 0.863. The summed E-state index contributed by atoms with van der Waals surface area (Å²) >= 11 is 12.0. The molecule has 0 aliphatic rings. The Kier molecular flexibility index (Phi) is 5.26. The average Bonchev–Trinajstić information content (AvgIpc) is 2.41. The van der Waals surface area contributed by atoms with Crippen molar-refractivity contribution < 1.29 is 0 Å². The highest BCUT2D eigenvalue weighted by Gasteiger charge is 2.08. The lowest BCUT2D eigenvalue weighted by Crippen LogP contribution is -2.23. The summed E-state index contributed by atoms with van der Waals surface area (Å²) in [5.41, 5.74) is 8.55. The third-order valence-electron chi connectivity index (χ3n) is 3.14. The van der Waals surface area contributed by atoms with Crippen LogP contribution in [0.5, 0.6) is 0 Å². The zero-order valence-corrected chi connectivity index (χ0v) is 12.2. The maximum absolute atomic E-state index is 6.17. The number of hydrogen-bond donors (Lipinski definition) is 1. The minimum atomic E-state index is 0.110. The number of halogens is 2. The van der Waals surface area contributed by atoms with Crippen LogP contribution in [0.1, 0.15) is 17.5 Å². The first-order valence-corrected chi connectivity index (χ1v) is 7.14. The molecule has 0 aliphatic carbocycles. The minimum Gasteiger partial charge on any atom is -0.327 e. The molecule has 0 radical (unpaired) electrons. The second-order valence-corrected chi connectivity index (χ2v) is 5.57. The first kappa shape index (κ1) is 14.4. The molecule has 19 heavy (non-hydrogen) atoms. The second-order valence-electron chi connectivity index (χ2n) is 4.72. The van der Waals surface area contributed by atoms with Crippen molar-refractivity contribution in [2.24, 2.45) is 5.73 Å². The Morgan fingerprint density at radius 1 is 1.00 bits per heavy atom. The minimum absolute atomic E-state index is 0.110. The lowest BCUT2D eigenvalue weighted by atomic mass is 10.00. The van der Waals surface area contributed by atoms with Crippen molar-refractivity contribution in [2.75, 3.05) is 0 Å². The number of nitrogens with two attached hydrogens (primary N) is 1. The molecule has 2 aromatic carbocycles. The summed E-state index contributed by atoms with van der Waals surface area (Å²) in [7, 11) is 0. The Morgan fingerprint density at radius 3 is 2.42 bits per heavy atom. The van der Waals surface area contributed by atoms with Gasteiger partial charge in [0.15, 0.2) is 0 Å². The Hall–Kier alpha value is -1.02. The van der Waals surface area contributed by atoms with Crippen LogP contribution in [0.25, 0.3) is 0 Å². The molecule has 0 saturated heterocycles. The normalized spacial score (nSPS) is 12.4. The number of rotatable bonds is 5. The van der Waals surface area contributed by atoms with Crippen LogP contribution in [-0.2, 0) is 12.8 Å². The molecular weight excluding hydrogens is 277 g/mol. The highest BCUT2D eigenvalue weighted by molar-refractivity contribution is 6.35. The topological polar surface area (TPSA) is 26.0 Å². The van der Waals surface area contributed by atoms with E-state index >= 15 is 0 Å². The van der Waals surface area contributed by atoms with Crippen molar-refractivity contribution >= 4 is 23.2 Å². The van der Waals surface area contributed by atoms with Crippen LogP contribution in [0.2, 0.25) is 10.0 Å². The lowest BCUT2D eigenvalue weighted by molar-refractivity contribution is 0.610. The van der Waals surface area contributed by atoms with Crippen LogP contribution in [0, 0.1) is 0 Å². The van der Waals surface area contributed by atoms with Gasteiger partial charge in [-0.25, -0.2) is 0 Å². The van der Waals surface area contributed by atoms with Gasteiger partial charge in [-0.3, -0.25) is 0 Å². The number of aryl methyl sites for hydroxylation is 1. The molecule has 1 atom stereocenters. The molecule has 0 aliphatic heterocycles. The fourth-order valence-corrected chi connectivity index (χ4v) is 2.55. The fraction of sp³-hybridized carbons (Fsp3) is 0.250. The molecular formula is C16H17Cl2N. The predicted molar refractivity (Wildman–Crippen MR) is 82.9 cm³/mol. The molecule has 0 fully saturated rings. The van der Waals surface area contributed by atoms with Crippen molar-refractivity contribution in [3.05, 3.63) is 69.7 Å². The van der Waals surface area contributed by atoms with Gasteiger partial charge >= 0.3 is 0 Å². The number of benzene rings is 2. The van der Waals surface area contributed by atoms with Gasteiger partial charge in [-0.05, 0) is 42.5 Å². The molecule has 2 aromatic rings. The van der Waals surface area contributed by atoms with Gasteiger partial charge in [0.05, 0.1) is 0 Å². The SMILES string of the molecule is NC(CCc1ccccc1)Cc1ccc(Cl)cc1Cl. The summed E-state index contributed by atoms with van der Waals surface area (Å²) in [6.07, 6.45) is 2.72. The van der Waals surface area contributed by atoms with E-state index in [9.17, 15) is 0 Å². The van der Waals surface area contributed by atoms with Crippen LogP contribution in [0.15, 0.2) is 48.5 Å². The van der Waals surface area contributed by atoms with E-state index in [1.165, 1.54) is 5.56 Å². The van der Waals surface area contributed by atoms with Gasteiger partial charge < -0.3 is 5.73 Å². The summed E-state index contributed by atoms with van der Waals surface area (Å²) in [4.78, 5) is 0. The van der Waals surface area contributed by atoms with Crippen LogP contribution in [0.3, 0.4) is 0 Å². The van der Waals surface area contributed by atoms with Gasteiger partial charge in [0.2, 0.25) is 0 Å². The molecule has 2 rings (SSSR count). The van der Waals surface area contributed by atoms with E-state index < -0.39 is 0 Å². The average molecular weight is 294 g/mol. The maximum Gasteiger partial charge on any atom is 0.0453 e. The molecule has 3 heteroatoms. The Bertz CT molecular complexity index is 526. The second kappa shape index (κ2) is 6.95. The van der Waals surface area contributed by atoms with Gasteiger partial charge in [0.1, 0.15) is 0 Å². The molecule has 0 aromatic heterocycles. The van der Waals surface area contributed by atoms with Gasteiger partial charge in [-0.2, -0.15) is 0 Å². The van der Waals surface area contributed by atoms with Crippen LogP contribution >= 0.6 is 23.2 Å². The standard InChI is InChI=1S/C16H17Cl2N/c17-14-8-7-13(16(18)11-14)10-15(19)9-6-12-4-2-1-3-5-12/h1-5,7-8,11,15H,6,9-10,19H2. The highest BCUT2D eigenvalue weighted by Crippen LogP contribution is 2.22. The van der Waals surface area contributed by atoms with Gasteiger partial charge in [-0.15, -0.1) is 0 Å². The van der Waals surface area contributed by atoms with E-state index in [4.69, 9.17) is 28.9 Å². The molecule has 0 saturated carbocycles. The number of hydrogen-bond acceptors (Lipinski definition) is 1. The Morgan fingerprint density at radius 2 is 1.74 bits per heavy atom. The first-order valence-electron chi connectivity index (χ1n) is 6.38. The predicted octanol–water partition coefficient (Wildman–Crippen LogP) is 4.50. The van der Waals surface area contributed by atoms with Crippen LogP contribution in [0.4, 0.5) is 0 Å². The van der Waals surface area contributed by atoms with Gasteiger partial charge in [-0.1, -0.05) is 59.6 Å². The fourth-order valence-electron chi connectivity index (χ4n) is 2.07. The molecule has 1 unspecified atom stereocenters. The van der Waals surface area contributed by atoms with Gasteiger partial charge in [0, 0.05) is 16.1 Å². The Labute approximate surface area is 124 Å². The van der Waals surface area contributed by atoms with Crippen LogP contribution < -0.4 is 5.73 Å². The summed E-state index contributed by atoms with van der Waals surface area (Å²) in [5.74, 6) is 0. The van der Waals surface area contributed by atoms with E-state index in [0.717, 1.165) is 24.8 Å². The summed E-state index contributed by atoms with van der Waals surface area (Å²) in [6.45, 7) is 0. The van der Waals surface area contributed by atoms with E-state index in [1.807, 2.05) is 18.2 Å².